The number of methoxy groups -OCH3 is 2. The van der Waals surface area contributed by atoms with Crippen molar-refractivity contribution in [3.05, 3.63) is 83.8 Å². The van der Waals surface area contributed by atoms with Gasteiger partial charge in [-0.2, -0.15) is 0 Å². The van der Waals surface area contributed by atoms with Crippen LogP contribution in [0.1, 0.15) is 36.3 Å². The van der Waals surface area contributed by atoms with E-state index in [1.165, 1.54) is 0 Å². The van der Waals surface area contributed by atoms with E-state index in [0.717, 1.165) is 17.5 Å². The van der Waals surface area contributed by atoms with Gasteiger partial charge in [-0.25, -0.2) is 0 Å². The van der Waals surface area contributed by atoms with Crippen molar-refractivity contribution in [3.8, 4) is 11.5 Å². The van der Waals surface area contributed by atoms with E-state index >= 15 is 0 Å². The second kappa shape index (κ2) is 9.64. The van der Waals surface area contributed by atoms with E-state index in [2.05, 4.69) is 5.32 Å². The number of carbonyl (C=O) groups excluding carboxylic acids is 1. The third-order valence-corrected chi connectivity index (χ3v) is 4.68. The molecule has 3 aromatic rings. The molecule has 5 nitrogen and oxygen atoms in total. The molecule has 0 saturated carbocycles. The molecule has 29 heavy (non-hydrogen) atoms. The van der Waals surface area contributed by atoms with Crippen LogP contribution in [0.15, 0.2) is 71.3 Å². The third-order valence-electron chi connectivity index (χ3n) is 4.68. The van der Waals surface area contributed by atoms with Crippen LogP contribution < -0.4 is 14.8 Å². The molecular formula is C24H25NO4. The lowest BCUT2D eigenvalue weighted by molar-refractivity contribution is -0.116. The molecule has 5 heteroatoms. The molecule has 0 radical (unpaired) electrons. The van der Waals surface area contributed by atoms with Crippen LogP contribution >= 0.6 is 0 Å². The van der Waals surface area contributed by atoms with Gasteiger partial charge in [0.2, 0.25) is 0 Å². The van der Waals surface area contributed by atoms with Gasteiger partial charge in [0.1, 0.15) is 5.76 Å². The Labute approximate surface area is 171 Å². The number of nitrogens with one attached hydrogen (secondary N) is 1. The highest BCUT2D eigenvalue weighted by Gasteiger charge is 2.19. The van der Waals surface area contributed by atoms with Gasteiger partial charge in [-0.1, -0.05) is 43.3 Å². The number of carbonyl (C=O) groups is 1. The minimum Gasteiger partial charge on any atom is -0.493 e. The fourth-order valence-corrected chi connectivity index (χ4v) is 3.14. The Morgan fingerprint density at radius 3 is 2.41 bits per heavy atom. The Bertz CT molecular complexity index is 962. The van der Waals surface area contributed by atoms with E-state index in [9.17, 15) is 4.79 Å². The summed E-state index contributed by atoms with van der Waals surface area (Å²) >= 11 is 0. The Hall–Kier alpha value is -3.47. The van der Waals surface area contributed by atoms with Crippen molar-refractivity contribution in [1.29, 1.82) is 0 Å². The minimum absolute atomic E-state index is 0.172. The molecule has 1 aromatic heterocycles. The zero-order valence-corrected chi connectivity index (χ0v) is 16.8. The van der Waals surface area contributed by atoms with Crippen LogP contribution in [-0.4, -0.2) is 20.1 Å². The maximum absolute atomic E-state index is 13.2. The monoisotopic (exact) mass is 391 g/mol. The van der Waals surface area contributed by atoms with Crippen LogP contribution in [0, 0.1) is 0 Å². The molecule has 0 bridgehead atoms. The van der Waals surface area contributed by atoms with Crippen LogP contribution in [0.25, 0.3) is 11.6 Å². The molecule has 150 valence electrons. The smallest absolute Gasteiger partial charge is 0.252 e. The fourth-order valence-electron chi connectivity index (χ4n) is 3.14. The summed E-state index contributed by atoms with van der Waals surface area (Å²) in [6.07, 6.45) is 4.07. The van der Waals surface area contributed by atoms with Crippen LogP contribution in [0.4, 0.5) is 0 Å². The zero-order chi connectivity index (χ0) is 20.6. The van der Waals surface area contributed by atoms with E-state index in [1.54, 1.807) is 32.6 Å². The van der Waals surface area contributed by atoms with Crippen molar-refractivity contribution in [2.45, 2.75) is 19.4 Å². The van der Waals surface area contributed by atoms with E-state index in [0.29, 0.717) is 22.8 Å². The Morgan fingerprint density at radius 1 is 1.03 bits per heavy atom. The van der Waals surface area contributed by atoms with Crippen molar-refractivity contribution in [2.75, 3.05) is 14.2 Å². The van der Waals surface area contributed by atoms with Gasteiger partial charge in [0, 0.05) is 0 Å². The summed E-state index contributed by atoms with van der Waals surface area (Å²) in [6, 6.07) is 18.7. The predicted octanol–water partition coefficient (Wildman–Crippen LogP) is 5.10. The molecule has 2 aromatic carbocycles. The average Bonchev–Trinajstić information content (AvgIpc) is 3.29. The maximum atomic E-state index is 13.2. The van der Waals surface area contributed by atoms with Crippen molar-refractivity contribution in [3.63, 3.8) is 0 Å². The highest BCUT2D eigenvalue weighted by atomic mass is 16.5. The molecule has 1 heterocycles. The Balaban J connectivity index is 1.90. The number of benzene rings is 2. The van der Waals surface area contributed by atoms with Crippen molar-refractivity contribution in [1.82, 2.24) is 5.32 Å². The van der Waals surface area contributed by atoms with E-state index in [-0.39, 0.29) is 11.9 Å². The van der Waals surface area contributed by atoms with Gasteiger partial charge >= 0.3 is 0 Å². The largest absolute Gasteiger partial charge is 0.493 e. The molecule has 0 saturated heterocycles. The number of ether oxygens (including phenoxy) is 2. The SMILES string of the molecule is CCC(NC(=O)/C(=C/c1ccco1)c1ccccc1)c1ccc(OC)c(OC)c1. The first kappa shape index (κ1) is 20.3. The van der Waals surface area contributed by atoms with Gasteiger partial charge in [-0.3, -0.25) is 4.79 Å². The van der Waals surface area contributed by atoms with Crippen LogP contribution in [0.3, 0.4) is 0 Å². The summed E-state index contributed by atoms with van der Waals surface area (Å²) in [5, 5.41) is 3.14. The first-order chi connectivity index (χ1) is 14.2. The lowest BCUT2D eigenvalue weighted by Gasteiger charge is -2.20. The number of hydrogen-bond acceptors (Lipinski definition) is 4. The fraction of sp³-hybridized carbons (Fsp3) is 0.208. The van der Waals surface area contributed by atoms with E-state index < -0.39 is 0 Å². The molecule has 1 amide bonds. The molecule has 0 fully saturated rings. The van der Waals surface area contributed by atoms with Crippen LogP contribution in [-0.2, 0) is 4.79 Å². The molecule has 0 aliphatic carbocycles. The van der Waals surface area contributed by atoms with Gasteiger partial charge < -0.3 is 19.2 Å². The summed E-state index contributed by atoms with van der Waals surface area (Å²) in [5.41, 5.74) is 2.31. The standard InChI is InChI=1S/C24H25NO4/c1-4-21(18-12-13-22(27-2)23(15-18)28-3)25-24(26)20(16-19-11-8-14-29-19)17-9-6-5-7-10-17/h5-16,21H,4H2,1-3H3,(H,25,26)/b20-16+. The third kappa shape index (κ3) is 4.88. The average molecular weight is 391 g/mol. The molecule has 1 atom stereocenters. The molecule has 1 N–H and O–H groups in total. The maximum Gasteiger partial charge on any atom is 0.252 e. The van der Waals surface area contributed by atoms with Crippen LogP contribution in [0.5, 0.6) is 11.5 Å². The lowest BCUT2D eigenvalue weighted by atomic mass is 10.0. The summed E-state index contributed by atoms with van der Waals surface area (Å²) in [6.45, 7) is 2.03. The predicted molar refractivity (Wildman–Crippen MR) is 114 cm³/mol. The molecule has 0 spiro atoms. The quantitative estimate of drug-likeness (QED) is 0.543. The van der Waals surface area contributed by atoms with Crippen molar-refractivity contribution in [2.24, 2.45) is 0 Å². The molecule has 0 aliphatic rings. The summed E-state index contributed by atoms with van der Waals surface area (Å²) < 4.78 is 16.1. The topological polar surface area (TPSA) is 60.7 Å². The number of furan rings is 1. The van der Waals surface area contributed by atoms with Gasteiger partial charge in [-0.05, 0) is 47.9 Å². The van der Waals surface area contributed by atoms with Gasteiger partial charge in [0.15, 0.2) is 11.5 Å². The second-order valence-electron chi connectivity index (χ2n) is 6.49. The Kier molecular flexibility index (Phi) is 6.74. The minimum atomic E-state index is -0.175. The summed E-state index contributed by atoms with van der Waals surface area (Å²) in [7, 11) is 3.20. The van der Waals surface area contributed by atoms with Crippen LogP contribution in [0.2, 0.25) is 0 Å². The van der Waals surface area contributed by atoms with E-state index in [1.807, 2.05) is 61.5 Å². The molecule has 0 aliphatic heterocycles. The van der Waals surface area contributed by atoms with Gasteiger partial charge in [0.25, 0.3) is 5.91 Å². The first-order valence-corrected chi connectivity index (χ1v) is 9.49. The van der Waals surface area contributed by atoms with Gasteiger partial charge in [0.05, 0.1) is 32.1 Å². The second-order valence-corrected chi connectivity index (χ2v) is 6.49. The Morgan fingerprint density at radius 2 is 1.79 bits per heavy atom. The lowest BCUT2D eigenvalue weighted by Crippen LogP contribution is -2.29. The highest BCUT2D eigenvalue weighted by molar-refractivity contribution is 6.24. The number of amides is 1. The van der Waals surface area contributed by atoms with Crippen molar-refractivity contribution >= 4 is 17.6 Å². The highest BCUT2D eigenvalue weighted by Crippen LogP contribution is 2.31. The number of hydrogen-bond donors (Lipinski definition) is 1. The summed E-state index contributed by atoms with van der Waals surface area (Å²) in [4.78, 5) is 13.2. The molecule has 1 unspecified atom stereocenters. The number of rotatable bonds is 8. The first-order valence-electron chi connectivity index (χ1n) is 9.49. The van der Waals surface area contributed by atoms with Crippen molar-refractivity contribution < 1.29 is 18.7 Å². The molecule has 3 rings (SSSR count). The van der Waals surface area contributed by atoms with Gasteiger partial charge in [-0.15, -0.1) is 0 Å². The molecular weight excluding hydrogens is 366 g/mol. The normalized spacial score (nSPS) is 12.3. The summed E-state index contributed by atoms with van der Waals surface area (Å²) in [5.74, 6) is 1.74. The zero-order valence-electron chi connectivity index (χ0n) is 16.8. The van der Waals surface area contributed by atoms with E-state index in [4.69, 9.17) is 13.9 Å².